The zero-order chi connectivity index (χ0) is 15.1. The molecule has 0 saturated carbocycles. The number of ether oxygens (including phenoxy) is 2. The molecule has 0 atom stereocenters. The number of para-hydroxylation sites is 1. The molecular formula is C16H21NO4. The molecule has 1 aromatic rings. The Morgan fingerprint density at radius 3 is 2.81 bits per heavy atom. The summed E-state index contributed by atoms with van der Waals surface area (Å²) in [6.45, 7) is 1.03. The van der Waals surface area contributed by atoms with Crippen molar-refractivity contribution in [2.75, 3.05) is 26.9 Å². The predicted molar refractivity (Wildman–Crippen MR) is 80.0 cm³/mol. The Bertz CT molecular complexity index is 507. The average Bonchev–Trinajstić information content (AvgIpc) is 2.54. The second-order valence-corrected chi connectivity index (χ2v) is 5.12. The smallest absolute Gasteiger partial charge is 0.244 e. The number of aliphatic hydroxyl groups excluding tert-OH is 1. The van der Waals surface area contributed by atoms with Gasteiger partial charge in [-0.2, -0.15) is 0 Å². The van der Waals surface area contributed by atoms with E-state index < -0.39 is 5.54 Å². The van der Waals surface area contributed by atoms with Crippen LogP contribution in [0.25, 0.3) is 6.08 Å². The molecule has 0 bridgehead atoms. The summed E-state index contributed by atoms with van der Waals surface area (Å²) < 4.78 is 10.5. The SMILES string of the molecule is COc1ccccc1/C=C/C(=O)NC1(CO)CCOCC1. The minimum absolute atomic E-state index is 0.0788. The Labute approximate surface area is 124 Å². The van der Waals surface area contributed by atoms with Crippen molar-refractivity contribution in [3.8, 4) is 5.75 Å². The van der Waals surface area contributed by atoms with E-state index in [0.717, 1.165) is 5.56 Å². The summed E-state index contributed by atoms with van der Waals surface area (Å²) in [4.78, 5) is 12.1. The van der Waals surface area contributed by atoms with Crippen molar-refractivity contribution in [2.24, 2.45) is 0 Å². The summed E-state index contributed by atoms with van der Waals surface area (Å²) in [7, 11) is 1.59. The third kappa shape index (κ3) is 4.06. The summed E-state index contributed by atoms with van der Waals surface area (Å²) >= 11 is 0. The van der Waals surface area contributed by atoms with Gasteiger partial charge >= 0.3 is 0 Å². The van der Waals surface area contributed by atoms with Crippen molar-refractivity contribution >= 4 is 12.0 Å². The van der Waals surface area contributed by atoms with E-state index in [2.05, 4.69) is 5.32 Å². The van der Waals surface area contributed by atoms with Crippen LogP contribution in [0.1, 0.15) is 18.4 Å². The highest BCUT2D eigenvalue weighted by Crippen LogP contribution is 2.21. The van der Waals surface area contributed by atoms with Gasteiger partial charge in [0.2, 0.25) is 5.91 Å². The van der Waals surface area contributed by atoms with Crippen LogP contribution < -0.4 is 10.1 Å². The first-order valence-electron chi connectivity index (χ1n) is 7.01. The second kappa shape index (κ2) is 7.24. The van der Waals surface area contributed by atoms with Gasteiger partial charge in [-0.25, -0.2) is 0 Å². The molecule has 0 unspecified atom stereocenters. The van der Waals surface area contributed by atoms with Crippen molar-refractivity contribution in [3.63, 3.8) is 0 Å². The number of hydrogen-bond acceptors (Lipinski definition) is 4. The van der Waals surface area contributed by atoms with Gasteiger partial charge in [-0.15, -0.1) is 0 Å². The number of rotatable bonds is 5. The van der Waals surface area contributed by atoms with Crippen molar-refractivity contribution in [2.45, 2.75) is 18.4 Å². The molecule has 1 aliphatic heterocycles. The maximum atomic E-state index is 12.1. The molecule has 1 aliphatic rings. The molecule has 1 heterocycles. The first-order chi connectivity index (χ1) is 10.2. The zero-order valence-corrected chi connectivity index (χ0v) is 12.2. The highest BCUT2D eigenvalue weighted by atomic mass is 16.5. The summed E-state index contributed by atoms with van der Waals surface area (Å²) in [6.07, 6.45) is 4.42. The molecule has 21 heavy (non-hydrogen) atoms. The fraction of sp³-hybridized carbons (Fsp3) is 0.438. The van der Waals surface area contributed by atoms with Crippen LogP contribution in [0.15, 0.2) is 30.3 Å². The lowest BCUT2D eigenvalue weighted by Crippen LogP contribution is -2.54. The molecule has 2 N–H and O–H groups in total. The maximum absolute atomic E-state index is 12.1. The quantitative estimate of drug-likeness (QED) is 0.804. The molecule has 0 aromatic heterocycles. The fourth-order valence-electron chi connectivity index (χ4n) is 2.36. The number of aliphatic hydroxyl groups is 1. The van der Waals surface area contributed by atoms with Crippen molar-refractivity contribution in [1.82, 2.24) is 5.32 Å². The van der Waals surface area contributed by atoms with Crippen LogP contribution >= 0.6 is 0 Å². The van der Waals surface area contributed by atoms with Crippen molar-refractivity contribution in [3.05, 3.63) is 35.9 Å². The minimum Gasteiger partial charge on any atom is -0.496 e. The molecule has 0 aliphatic carbocycles. The van der Waals surface area contributed by atoms with Gasteiger partial charge in [-0.1, -0.05) is 18.2 Å². The average molecular weight is 291 g/mol. The largest absolute Gasteiger partial charge is 0.496 e. The Kier molecular flexibility index (Phi) is 5.36. The van der Waals surface area contributed by atoms with Crippen LogP contribution in [0.3, 0.4) is 0 Å². The number of hydrogen-bond donors (Lipinski definition) is 2. The van der Waals surface area contributed by atoms with Gasteiger partial charge in [-0.3, -0.25) is 4.79 Å². The maximum Gasteiger partial charge on any atom is 0.244 e. The van der Waals surface area contributed by atoms with Crippen molar-refractivity contribution in [1.29, 1.82) is 0 Å². The monoisotopic (exact) mass is 291 g/mol. The van der Waals surface area contributed by atoms with Crippen LogP contribution in [-0.4, -0.2) is 43.5 Å². The van der Waals surface area contributed by atoms with Crippen LogP contribution in [0.4, 0.5) is 0 Å². The summed E-state index contributed by atoms with van der Waals surface area (Å²) in [5.74, 6) is 0.487. The molecule has 1 saturated heterocycles. The molecule has 1 amide bonds. The van der Waals surface area contributed by atoms with E-state index in [4.69, 9.17) is 9.47 Å². The molecule has 1 fully saturated rings. The van der Waals surface area contributed by atoms with Gasteiger partial charge in [-0.05, 0) is 25.0 Å². The van der Waals surface area contributed by atoms with Crippen LogP contribution in [0, 0.1) is 0 Å². The molecule has 5 nitrogen and oxygen atoms in total. The van der Waals surface area contributed by atoms with E-state index in [1.54, 1.807) is 13.2 Å². The predicted octanol–water partition coefficient (Wildman–Crippen LogP) is 1.37. The number of carbonyl (C=O) groups is 1. The lowest BCUT2D eigenvalue weighted by atomic mass is 9.91. The van der Waals surface area contributed by atoms with E-state index in [9.17, 15) is 9.90 Å². The van der Waals surface area contributed by atoms with Gasteiger partial charge in [0, 0.05) is 24.9 Å². The Morgan fingerprint density at radius 1 is 1.43 bits per heavy atom. The lowest BCUT2D eigenvalue weighted by Gasteiger charge is -2.35. The van der Waals surface area contributed by atoms with Gasteiger partial charge in [0.25, 0.3) is 0 Å². The molecule has 1 aromatic carbocycles. The van der Waals surface area contributed by atoms with Gasteiger partial charge in [0.15, 0.2) is 0 Å². The second-order valence-electron chi connectivity index (χ2n) is 5.12. The van der Waals surface area contributed by atoms with Gasteiger partial charge in [0.05, 0.1) is 19.3 Å². The minimum atomic E-state index is -0.569. The molecule has 2 rings (SSSR count). The van der Waals surface area contributed by atoms with Crippen molar-refractivity contribution < 1.29 is 19.4 Å². The standard InChI is InChI=1S/C16H21NO4/c1-20-14-5-3-2-4-13(14)6-7-15(19)17-16(12-18)8-10-21-11-9-16/h2-7,18H,8-12H2,1H3,(H,17,19)/b7-6+. The third-order valence-electron chi connectivity index (χ3n) is 3.69. The highest BCUT2D eigenvalue weighted by Gasteiger charge is 2.32. The summed E-state index contributed by atoms with van der Waals surface area (Å²) in [5, 5.41) is 12.4. The van der Waals surface area contributed by atoms with E-state index in [1.165, 1.54) is 6.08 Å². The normalized spacial score (nSPS) is 17.6. The van der Waals surface area contributed by atoms with E-state index in [1.807, 2.05) is 24.3 Å². The number of benzene rings is 1. The molecule has 114 valence electrons. The zero-order valence-electron chi connectivity index (χ0n) is 12.2. The summed E-state index contributed by atoms with van der Waals surface area (Å²) in [5.41, 5.74) is 0.264. The lowest BCUT2D eigenvalue weighted by molar-refractivity contribution is -0.120. The number of nitrogens with one attached hydrogen (secondary N) is 1. The number of carbonyl (C=O) groups excluding carboxylic acids is 1. The topological polar surface area (TPSA) is 67.8 Å². The summed E-state index contributed by atoms with van der Waals surface area (Å²) in [6, 6.07) is 7.47. The number of amides is 1. The van der Waals surface area contributed by atoms with Crippen LogP contribution in [0.5, 0.6) is 5.75 Å². The Morgan fingerprint density at radius 2 is 2.14 bits per heavy atom. The van der Waals surface area contributed by atoms with Gasteiger partial charge in [0.1, 0.15) is 5.75 Å². The van der Waals surface area contributed by atoms with Crippen LogP contribution in [0.2, 0.25) is 0 Å². The first kappa shape index (κ1) is 15.5. The number of methoxy groups -OCH3 is 1. The van der Waals surface area contributed by atoms with E-state index >= 15 is 0 Å². The Balaban J connectivity index is 2.02. The molecular weight excluding hydrogens is 270 g/mol. The molecule has 0 spiro atoms. The van der Waals surface area contributed by atoms with E-state index in [0.29, 0.717) is 31.8 Å². The van der Waals surface area contributed by atoms with E-state index in [-0.39, 0.29) is 12.5 Å². The van der Waals surface area contributed by atoms with Crippen LogP contribution in [-0.2, 0) is 9.53 Å². The highest BCUT2D eigenvalue weighted by molar-refractivity contribution is 5.92. The third-order valence-corrected chi connectivity index (χ3v) is 3.69. The first-order valence-corrected chi connectivity index (χ1v) is 7.01. The molecule has 0 radical (unpaired) electrons. The fourth-order valence-corrected chi connectivity index (χ4v) is 2.36. The Hall–Kier alpha value is -1.85. The molecule has 5 heteroatoms. The van der Waals surface area contributed by atoms with Gasteiger partial charge < -0.3 is 19.9 Å².